The Hall–Kier alpha value is -2.26. The van der Waals surface area contributed by atoms with Gasteiger partial charge in [-0.1, -0.05) is 11.6 Å². The van der Waals surface area contributed by atoms with E-state index in [-0.39, 0.29) is 21.2 Å². The molecule has 1 amide bonds. The second kappa shape index (κ2) is 8.47. The van der Waals surface area contributed by atoms with Gasteiger partial charge < -0.3 is 10.2 Å². The van der Waals surface area contributed by atoms with E-state index >= 15 is 0 Å². The fourth-order valence-electron chi connectivity index (χ4n) is 3.35. The van der Waals surface area contributed by atoms with E-state index in [2.05, 4.69) is 5.32 Å². The van der Waals surface area contributed by atoms with Gasteiger partial charge in [-0.2, -0.15) is 13.2 Å². The maximum Gasteiger partial charge on any atom is 0.416 e. The van der Waals surface area contributed by atoms with Crippen LogP contribution in [0.3, 0.4) is 0 Å². The van der Waals surface area contributed by atoms with E-state index in [4.69, 9.17) is 11.6 Å². The van der Waals surface area contributed by atoms with Crippen molar-refractivity contribution in [2.75, 3.05) is 29.6 Å². The molecule has 0 atom stereocenters. The first-order valence-corrected chi connectivity index (χ1v) is 11.5. The number of hydrogen-bond acceptors (Lipinski definition) is 4. The van der Waals surface area contributed by atoms with Crippen LogP contribution in [0, 0.1) is 0 Å². The Balaban J connectivity index is 1.99. The molecule has 30 heavy (non-hydrogen) atoms. The van der Waals surface area contributed by atoms with Crippen molar-refractivity contribution in [1.29, 1.82) is 0 Å². The van der Waals surface area contributed by atoms with Gasteiger partial charge in [-0.15, -0.1) is 0 Å². The highest BCUT2D eigenvalue weighted by Crippen LogP contribution is 2.36. The van der Waals surface area contributed by atoms with Crippen molar-refractivity contribution >= 4 is 38.7 Å². The molecule has 1 N–H and O–H groups in total. The summed E-state index contributed by atoms with van der Waals surface area (Å²) < 4.78 is 63.4. The molecule has 0 aromatic heterocycles. The molecule has 1 aliphatic rings. The number of amides is 1. The fraction of sp³-hybridized carbons (Fsp3) is 0.350. The van der Waals surface area contributed by atoms with Crippen molar-refractivity contribution in [2.45, 2.75) is 30.3 Å². The molecular weight excluding hydrogens is 441 g/mol. The van der Waals surface area contributed by atoms with Crippen LogP contribution in [-0.2, 0) is 16.0 Å². The molecule has 1 saturated heterocycles. The van der Waals surface area contributed by atoms with Gasteiger partial charge in [0.25, 0.3) is 5.91 Å². The topological polar surface area (TPSA) is 66.5 Å². The Labute approximate surface area is 177 Å². The number of nitrogens with one attached hydrogen (secondary N) is 1. The lowest BCUT2D eigenvalue weighted by atomic mass is 10.1. The lowest BCUT2D eigenvalue weighted by molar-refractivity contribution is -0.137. The summed E-state index contributed by atoms with van der Waals surface area (Å²) in [4.78, 5) is 14.5. The Morgan fingerprint density at radius 1 is 1.07 bits per heavy atom. The van der Waals surface area contributed by atoms with E-state index in [1.165, 1.54) is 18.2 Å². The first-order chi connectivity index (χ1) is 14.0. The van der Waals surface area contributed by atoms with Crippen LogP contribution in [0.4, 0.5) is 24.5 Å². The third-order valence-electron chi connectivity index (χ3n) is 4.86. The third-order valence-corrected chi connectivity index (χ3v) is 6.44. The number of halogens is 4. The van der Waals surface area contributed by atoms with Crippen LogP contribution < -0.4 is 10.2 Å². The molecule has 2 aromatic rings. The van der Waals surface area contributed by atoms with Crippen molar-refractivity contribution in [2.24, 2.45) is 0 Å². The Kier molecular flexibility index (Phi) is 6.33. The van der Waals surface area contributed by atoms with E-state index in [0.717, 1.165) is 43.7 Å². The second-order valence-corrected chi connectivity index (χ2v) is 9.54. The number of nitrogens with zero attached hydrogens (tertiary/aromatic N) is 1. The van der Waals surface area contributed by atoms with Gasteiger partial charge in [-0.3, -0.25) is 4.79 Å². The molecule has 0 bridgehead atoms. The SMILES string of the molecule is CS(=O)(=O)c1cc(C(=O)Nc2cc(C(F)(F)F)ccc2N2CCCCC2)ccc1Cl. The van der Waals surface area contributed by atoms with Crippen LogP contribution in [0.5, 0.6) is 0 Å². The Bertz CT molecular complexity index is 1070. The quantitative estimate of drug-likeness (QED) is 0.697. The molecule has 0 saturated carbocycles. The lowest BCUT2D eigenvalue weighted by Gasteiger charge is -2.31. The smallest absolute Gasteiger partial charge is 0.370 e. The molecule has 5 nitrogen and oxygen atoms in total. The van der Waals surface area contributed by atoms with Gasteiger partial charge in [0.1, 0.15) is 0 Å². The average Bonchev–Trinajstić information content (AvgIpc) is 2.67. The standard InChI is InChI=1S/C20H20ClF3N2O3S/c1-30(28,29)18-11-13(5-7-15(18)21)19(27)25-16-12-14(20(22,23)24)6-8-17(16)26-9-3-2-4-10-26/h5-8,11-12H,2-4,9-10H2,1H3,(H,25,27). The predicted octanol–water partition coefficient (Wildman–Crippen LogP) is 5.00. The number of piperidine rings is 1. The zero-order chi connectivity index (χ0) is 22.1. The van der Waals surface area contributed by atoms with E-state index in [0.29, 0.717) is 18.8 Å². The first kappa shape index (κ1) is 22.4. The molecule has 162 valence electrons. The highest BCUT2D eigenvalue weighted by atomic mass is 35.5. The summed E-state index contributed by atoms with van der Waals surface area (Å²) in [6.45, 7) is 1.35. The van der Waals surface area contributed by atoms with Crippen molar-refractivity contribution in [3.05, 3.63) is 52.5 Å². The normalized spacial score (nSPS) is 15.2. The number of rotatable bonds is 4. The van der Waals surface area contributed by atoms with E-state index in [1.54, 1.807) is 0 Å². The molecule has 0 radical (unpaired) electrons. The minimum Gasteiger partial charge on any atom is -0.370 e. The highest BCUT2D eigenvalue weighted by molar-refractivity contribution is 7.90. The molecule has 3 rings (SSSR count). The predicted molar refractivity (Wildman–Crippen MR) is 110 cm³/mol. The summed E-state index contributed by atoms with van der Waals surface area (Å²) in [5.41, 5.74) is -0.394. The van der Waals surface area contributed by atoms with Gasteiger partial charge in [-0.25, -0.2) is 8.42 Å². The molecule has 0 aliphatic carbocycles. The lowest BCUT2D eigenvalue weighted by Crippen LogP contribution is -2.30. The van der Waals surface area contributed by atoms with Crippen molar-refractivity contribution in [1.82, 2.24) is 0 Å². The number of sulfone groups is 1. The summed E-state index contributed by atoms with van der Waals surface area (Å²) in [6, 6.07) is 6.94. The van der Waals surface area contributed by atoms with Crippen LogP contribution in [0.25, 0.3) is 0 Å². The second-order valence-electron chi connectivity index (χ2n) is 7.15. The molecule has 0 unspecified atom stereocenters. The van der Waals surface area contributed by atoms with Gasteiger partial charge in [0, 0.05) is 24.9 Å². The van der Waals surface area contributed by atoms with Crippen LogP contribution in [-0.4, -0.2) is 33.7 Å². The molecule has 1 fully saturated rings. The van der Waals surface area contributed by atoms with Gasteiger partial charge in [0.15, 0.2) is 9.84 Å². The maximum atomic E-state index is 13.2. The number of benzene rings is 2. The minimum absolute atomic E-state index is 0.0209. The number of carbonyl (C=O) groups is 1. The van der Waals surface area contributed by atoms with Crippen molar-refractivity contribution in [3.8, 4) is 0 Å². The summed E-state index contributed by atoms with van der Waals surface area (Å²) in [5.74, 6) is -0.728. The van der Waals surface area contributed by atoms with Gasteiger partial charge in [0.05, 0.1) is 26.9 Å². The van der Waals surface area contributed by atoms with Gasteiger partial charge in [-0.05, 0) is 55.7 Å². The highest BCUT2D eigenvalue weighted by Gasteiger charge is 2.32. The van der Waals surface area contributed by atoms with Crippen LogP contribution >= 0.6 is 11.6 Å². The summed E-state index contributed by atoms with van der Waals surface area (Å²) >= 11 is 5.90. The van der Waals surface area contributed by atoms with E-state index < -0.39 is 27.5 Å². The number of anilines is 2. The van der Waals surface area contributed by atoms with Crippen molar-refractivity contribution in [3.63, 3.8) is 0 Å². The summed E-state index contributed by atoms with van der Waals surface area (Å²) in [5, 5.41) is 2.48. The minimum atomic E-state index is -4.57. The van der Waals surface area contributed by atoms with Crippen LogP contribution in [0.2, 0.25) is 5.02 Å². The maximum absolute atomic E-state index is 13.2. The monoisotopic (exact) mass is 460 g/mol. The largest absolute Gasteiger partial charge is 0.416 e. The summed E-state index contributed by atoms with van der Waals surface area (Å²) in [7, 11) is -3.68. The molecule has 10 heteroatoms. The average molecular weight is 461 g/mol. The molecule has 2 aromatic carbocycles. The fourth-order valence-corrected chi connectivity index (χ4v) is 4.65. The summed E-state index contributed by atoms with van der Waals surface area (Å²) in [6.07, 6.45) is -0.759. The van der Waals surface area contributed by atoms with Crippen LogP contribution in [0.15, 0.2) is 41.3 Å². The first-order valence-electron chi connectivity index (χ1n) is 9.24. The number of carbonyl (C=O) groups excluding carboxylic acids is 1. The Morgan fingerprint density at radius 3 is 2.33 bits per heavy atom. The van der Waals surface area contributed by atoms with Gasteiger partial charge >= 0.3 is 6.18 Å². The van der Waals surface area contributed by atoms with Crippen LogP contribution in [0.1, 0.15) is 35.2 Å². The molecular formula is C20H20ClF3N2O3S. The van der Waals surface area contributed by atoms with E-state index in [1.807, 2.05) is 4.90 Å². The number of hydrogen-bond donors (Lipinski definition) is 1. The van der Waals surface area contributed by atoms with Crippen molar-refractivity contribution < 1.29 is 26.4 Å². The zero-order valence-electron chi connectivity index (χ0n) is 16.1. The molecule has 0 spiro atoms. The zero-order valence-corrected chi connectivity index (χ0v) is 17.7. The third kappa shape index (κ3) is 5.07. The van der Waals surface area contributed by atoms with E-state index in [9.17, 15) is 26.4 Å². The molecule has 1 heterocycles. The van der Waals surface area contributed by atoms with Gasteiger partial charge in [0.2, 0.25) is 0 Å². The number of alkyl halides is 3. The Morgan fingerprint density at radius 2 is 1.73 bits per heavy atom. The molecule has 1 aliphatic heterocycles.